The van der Waals surface area contributed by atoms with E-state index in [0.717, 1.165) is 13.0 Å². The topological polar surface area (TPSA) is 49.3 Å². The van der Waals surface area contributed by atoms with E-state index in [1.807, 2.05) is 18.7 Å². The first-order valence-electron chi connectivity index (χ1n) is 5.04. The second-order valence-electron chi connectivity index (χ2n) is 3.57. The van der Waals surface area contributed by atoms with Gasteiger partial charge in [-0.05, 0) is 38.3 Å². The molecule has 2 atom stereocenters. The normalized spacial score (nSPS) is 15.1. The lowest BCUT2D eigenvalue weighted by Gasteiger charge is -2.17. The van der Waals surface area contributed by atoms with Crippen molar-refractivity contribution in [3.63, 3.8) is 0 Å². The highest BCUT2D eigenvalue weighted by molar-refractivity contribution is 7.98. The Kier molecular flexibility index (Phi) is 7.99. The summed E-state index contributed by atoms with van der Waals surface area (Å²) < 4.78 is 0. The molecule has 0 spiro atoms. The molecule has 0 saturated carbocycles. The largest absolute Gasteiger partial charge is 0.481 e. The van der Waals surface area contributed by atoms with Gasteiger partial charge in [0.2, 0.25) is 0 Å². The maximum Gasteiger partial charge on any atom is 0.307 e. The number of carboxylic acids is 1. The van der Waals surface area contributed by atoms with E-state index >= 15 is 0 Å². The van der Waals surface area contributed by atoms with Crippen LogP contribution in [0.15, 0.2) is 0 Å². The third-order valence-electron chi connectivity index (χ3n) is 2.38. The summed E-state index contributed by atoms with van der Waals surface area (Å²) in [5.74, 6) is 0.148. The van der Waals surface area contributed by atoms with Gasteiger partial charge in [0, 0.05) is 6.04 Å². The van der Waals surface area contributed by atoms with Gasteiger partial charge in [0.15, 0.2) is 0 Å². The van der Waals surface area contributed by atoms with Crippen molar-refractivity contribution in [1.29, 1.82) is 0 Å². The third kappa shape index (κ3) is 6.27. The van der Waals surface area contributed by atoms with Crippen molar-refractivity contribution < 1.29 is 9.90 Å². The maximum absolute atomic E-state index is 10.6. The molecule has 2 unspecified atom stereocenters. The van der Waals surface area contributed by atoms with Crippen molar-refractivity contribution in [1.82, 2.24) is 5.32 Å². The van der Waals surface area contributed by atoms with Crippen LogP contribution in [0.5, 0.6) is 0 Å². The van der Waals surface area contributed by atoms with Crippen molar-refractivity contribution >= 4 is 17.7 Å². The van der Waals surface area contributed by atoms with Gasteiger partial charge in [-0.15, -0.1) is 0 Å². The molecule has 0 aromatic rings. The minimum atomic E-state index is -0.728. The summed E-state index contributed by atoms with van der Waals surface area (Å²) in [6.07, 6.45) is 4.42. The second-order valence-corrected chi connectivity index (χ2v) is 4.56. The lowest BCUT2D eigenvalue weighted by molar-refractivity contribution is -0.141. The van der Waals surface area contributed by atoms with E-state index in [4.69, 9.17) is 5.11 Å². The second kappa shape index (κ2) is 8.12. The molecule has 0 saturated heterocycles. The number of aliphatic carboxylic acids is 1. The highest BCUT2D eigenvalue weighted by Gasteiger charge is 2.17. The Balaban J connectivity index is 3.43. The summed E-state index contributed by atoms with van der Waals surface area (Å²) in [5.41, 5.74) is 0. The van der Waals surface area contributed by atoms with Crippen molar-refractivity contribution in [2.75, 3.05) is 18.6 Å². The number of carbonyl (C=O) groups is 1. The summed E-state index contributed by atoms with van der Waals surface area (Å²) >= 11 is 1.85. The summed E-state index contributed by atoms with van der Waals surface area (Å²) in [7, 11) is 0. The van der Waals surface area contributed by atoms with Crippen LogP contribution in [0.2, 0.25) is 0 Å². The van der Waals surface area contributed by atoms with Crippen LogP contribution in [-0.4, -0.2) is 35.7 Å². The first-order chi connectivity index (χ1) is 6.59. The zero-order valence-corrected chi connectivity index (χ0v) is 10.1. The molecule has 4 heteroatoms. The molecule has 0 aromatic heterocycles. The van der Waals surface area contributed by atoms with Gasteiger partial charge in [0.25, 0.3) is 0 Å². The fourth-order valence-corrected chi connectivity index (χ4v) is 1.58. The first kappa shape index (κ1) is 13.8. The van der Waals surface area contributed by atoms with Gasteiger partial charge in [-0.25, -0.2) is 0 Å². The van der Waals surface area contributed by atoms with Crippen LogP contribution in [0.25, 0.3) is 0 Å². The number of thioether (sulfide) groups is 1. The number of hydrogen-bond acceptors (Lipinski definition) is 3. The van der Waals surface area contributed by atoms with Crippen molar-refractivity contribution in [2.24, 2.45) is 5.92 Å². The van der Waals surface area contributed by atoms with E-state index in [1.54, 1.807) is 6.92 Å². The molecule has 0 fully saturated rings. The molecule has 0 radical (unpaired) electrons. The average Bonchev–Trinajstić information content (AvgIpc) is 2.16. The van der Waals surface area contributed by atoms with E-state index in [2.05, 4.69) is 11.6 Å². The SMILES string of the molecule is CSCCCCNC(C)C(C)C(=O)O. The van der Waals surface area contributed by atoms with Crippen LogP contribution in [0.1, 0.15) is 26.7 Å². The molecule has 0 aliphatic rings. The molecule has 0 heterocycles. The van der Waals surface area contributed by atoms with Gasteiger partial charge >= 0.3 is 5.97 Å². The number of unbranched alkanes of at least 4 members (excludes halogenated alkanes) is 1. The van der Waals surface area contributed by atoms with Gasteiger partial charge in [-0.1, -0.05) is 6.92 Å². The molecule has 0 amide bonds. The molecule has 0 bridgehead atoms. The smallest absolute Gasteiger partial charge is 0.307 e. The van der Waals surface area contributed by atoms with Crippen molar-refractivity contribution in [2.45, 2.75) is 32.7 Å². The van der Waals surface area contributed by atoms with E-state index < -0.39 is 5.97 Å². The number of hydrogen-bond donors (Lipinski definition) is 2. The van der Waals surface area contributed by atoms with Crippen LogP contribution in [0.4, 0.5) is 0 Å². The predicted molar refractivity (Wildman–Crippen MR) is 61.9 cm³/mol. The van der Waals surface area contributed by atoms with Gasteiger partial charge < -0.3 is 10.4 Å². The lowest BCUT2D eigenvalue weighted by atomic mass is 10.0. The number of carboxylic acid groups (broad SMARTS) is 1. The van der Waals surface area contributed by atoms with Gasteiger partial charge in [-0.2, -0.15) is 11.8 Å². The Labute approximate surface area is 90.7 Å². The molecule has 0 aromatic carbocycles. The minimum Gasteiger partial charge on any atom is -0.481 e. The Bertz CT molecular complexity index is 164. The third-order valence-corrected chi connectivity index (χ3v) is 3.08. The standard InChI is InChI=1S/C10H21NO2S/c1-8(10(12)13)9(2)11-6-4-5-7-14-3/h8-9,11H,4-7H2,1-3H3,(H,12,13). The van der Waals surface area contributed by atoms with Crippen LogP contribution < -0.4 is 5.32 Å². The summed E-state index contributed by atoms with van der Waals surface area (Å²) in [6, 6.07) is 0.0572. The quantitative estimate of drug-likeness (QED) is 0.611. The Morgan fingerprint density at radius 1 is 1.43 bits per heavy atom. The summed E-state index contributed by atoms with van der Waals surface area (Å²) in [4.78, 5) is 10.6. The zero-order valence-electron chi connectivity index (χ0n) is 9.25. The van der Waals surface area contributed by atoms with Crippen molar-refractivity contribution in [3.05, 3.63) is 0 Å². The minimum absolute atomic E-state index is 0.0572. The Hall–Kier alpha value is -0.220. The average molecular weight is 219 g/mol. The molecule has 0 aliphatic heterocycles. The molecule has 84 valence electrons. The zero-order chi connectivity index (χ0) is 11.0. The van der Waals surface area contributed by atoms with Gasteiger partial charge in [0.05, 0.1) is 5.92 Å². The molecular formula is C10H21NO2S. The van der Waals surface area contributed by atoms with Crippen LogP contribution >= 0.6 is 11.8 Å². The van der Waals surface area contributed by atoms with Crippen LogP contribution in [0, 0.1) is 5.92 Å². The molecule has 0 aliphatic carbocycles. The van der Waals surface area contributed by atoms with E-state index in [-0.39, 0.29) is 12.0 Å². The summed E-state index contributed by atoms with van der Waals surface area (Å²) in [5, 5.41) is 12.0. The maximum atomic E-state index is 10.6. The molecule has 2 N–H and O–H groups in total. The summed E-state index contributed by atoms with van der Waals surface area (Å²) in [6.45, 7) is 4.58. The van der Waals surface area contributed by atoms with Crippen LogP contribution in [0.3, 0.4) is 0 Å². The highest BCUT2D eigenvalue weighted by atomic mass is 32.2. The lowest BCUT2D eigenvalue weighted by Crippen LogP contribution is -2.36. The fourth-order valence-electron chi connectivity index (χ4n) is 1.09. The number of nitrogens with one attached hydrogen (secondary N) is 1. The molecular weight excluding hydrogens is 198 g/mol. The van der Waals surface area contributed by atoms with Gasteiger partial charge in [0.1, 0.15) is 0 Å². The van der Waals surface area contributed by atoms with E-state index in [0.29, 0.717) is 0 Å². The molecule has 14 heavy (non-hydrogen) atoms. The van der Waals surface area contributed by atoms with Crippen LogP contribution in [-0.2, 0) is 4.79 Å². The molecule has 0 rings (SSSR count). The predicted octanol–water partition coefficient (Wildman–Crippen LogP) is 1.83. The Morgan fingerprint density at radius 2 is 2.07 bits per heavy atom. The monoisotopic (exact) mass is 219 g/mol. The molecule has 3 nitrogen and oxygen atoms in total. The van der Waals surface area contributed by atoms with E-state index in [9.17, 15) is 4.79 Å². The highest BCUT2D eigenvalue weighted by Crippen LogP contribution is 2.03. The van der Waals surface area contributed by atoms with Crippen molar-refractivity contribution in [3.8, 4) is 0 Å². The van der Waals surface area contributed by atoms with E-state index in [1.165, 1.54) is 12.2 Å². The number of rotatable bonds is 8. The Morgan fingerprint density at radius 3 is 2.57 bits per heavy atom. The fraction of sp³-hybridized carbons (Fsp3) is 0.900. The van der Waals surface area contributed by atoms with Gasteiger partial charge in [-0.3, -0.25) is 4.79 Å². The first-order valence-corrected chi connectivity index (χ1v) is 6.44.